The third kappa shape index (κ3) is 4.74. The molecule has 0 saturated heterocycles. The van der Waals surface area contributed by atoms with E-state index in [4.69, 9.17) is 5.73 Å². The lowest BCUT2D eigenvalue weighted by Gasteiger charge is -2.24. The van der Waals surface area contributed by atoms with Crippen molar-refractivity contribution < 1.29 is 4.79 Å². The Balaban J connectivity index is 2.63. The molecule has 1 rings (SSSR count). The van der Waals surface area contributed by atoms with Crippen LogP contribution < -0.4 is 11.2 Å². The fourth-order valence-corrected chi connectivity index (χ4v) is 1.36. The van der Waals surface area contributed by atoms with Gasteiger partial charge in [0.1, 0.15) is 0 Å². The van der Waals surface area contributed by atoms with E-state index < -0.39 is 0 Å². The van der Waals surface area contributed by atoms with Crippen LogP contribution in [0.25, 0.3) is 0 Å². The number of nitrogens with one attached hydrogen (secondary N) is 1. The zero-order valence-corrected chi connectivity index (χ0v) is 10.6. The highest BCUT2D eigenvalue weighted by Gasteiger charge is 2.08. The lowest BCUT2D eigenvalue weighted by molar-refractivity contribution is -0.127. The molecule has 0 aliphatic heterocycles. The van der Waals surface area contributed by atoms with E-state index in [1.54, 1.807) is 11.1 Å². The highest BCUT2D eigenvalue weighted by molar-refractivity contribution is 5.75. The van der Waals surface area contributed by atoms with Crippen molar-refractivity contribution in [1.29, 1.82) is 0 Å². The van der Waals surface area contributed by atoms with Crippen LogP contribution in [0.1, 0.15) is 6.92 Å². The number of nitrogens with two attached hydrogens (primary N) is 1. The third-order valence-corrected chi connectivity index (χ3v) is 2.30. The standard InChI is InChI=1S/C12H20N4O/c1-10(17)16(8-7-15(2)3)14-12-6-4-5-11(13)9-12/h4-6,9,14H,7-8,13H2,1-3H3. The Kier molecular flexibility index (Phi) is 4.78. The molecule has 0 atom stereocenters. The van der Waals surface area contributed by atoms with Gasteiger partial charge in [0.05, 0.1) is 12.2 Å². The molecule has 1 aromatic rings. The topological polar surface area (TPSA) is 61.6 Å². The third-order valence-electron chi connectivity index (χ3n) is 2.30. The van der Waals surface area contributed by atoms with Crippen molar-refractivity contribution in [2.75, 3.05) is 38.3 Å². The van der Waals surface area contributed by atoms with E-state index in [9.17, 15) is 4.79 Å². The van der Waals surface area contributed by atoms with E-state index in [-0.39, 0.29) is 5.91 Å². The van der Waals surface area contributed by atoms with Crippen LogP contribution in [0.5, 0.6) is 0 Å². The van der Waals surface area contributed by atoms with Crippen LogP contribution in [0.15, 0.2) is 24.3 Å². The van der Waals surface area contributed by atoms with Crippen LogP contribution in [-0.4, -0.2) is 43.0 Å². The van der Waals surface area contributed by atoms with Gasteiger partial charge in [0.15, 0.2) is 0 Å². The predicted octanol–water partition coefficient (Wildman–Crippen LogP) is 1.01. The lowest BCUT2D eigenvalue weighted by Crippen LogP contribution is -2.39. The van der Waals surface area contributed by atoms with Crippen molar-refractivity contribution in [1.82, 2.24) is 9.91 Å². The van der Waals surface area contributed by atoms with E-state index in [0.717, 1.165) is 12.2 Å². The summed E-state index contributed by atoms with van der Waals surface area (Å²) in [5.41, 5.74) is 10.2. The van der Waals surface area contributed by atoms with E-state index in [1.807, 2.05) is 37.2 Å². The molecule has 0 aliphatic carbocycles. The summed E-state index contributed by atoms with van der Waals surface area (Å²) >= 11 is 0. The maximum Gasteiger partial charge on any atom is 0.237 e. The number of likely N-dealkylation sites (N-methyl/N-ethyl adjacent to an activating group) is 1. The number of hydrazine groups is 1. The van der Waals surface area contributed by atoms with Crippen LogP contribution in [0.4, 0.5) is 11.4 Å². The van der Waals surface area contributed by atoms with Crippen LogP contribution >= 0.6 is 0 Å². The number of carbonyl (C=O) groups is 1. The Morgan fingerprint density at radius 3 is 2.59 bits per heavy atom. The maximum atomic E-state index is 11.5. The first-order chi connectivity index (χ1) is 7.99. The monoisotopic (exact) mass is 236 g/mol. The molecule has 0 aromatic heterocycles. The molecule has 0 saturated carbocycles. The fraction of sp³-hybridized carbons (Fsp3) is 0.417. The average molecular weight is 236 g/mol. The van der Waals surface area contributed by atoms with Gasteiger partial charge in [-0.3, -0.25) is 15.2 Å². The molecule has 0 fully saturated rings. The van der Waals surface area contributed by atoms with Crippen molar-refractivity contribution in [3.8, 4) is 0 Å². The largest absolute Gasteiger partial charge is 0.399 e. The molecular weight excluding hydrogens is 216 g/mol. The van der Waals surface area contributed by atoms with Crippen molar-refractivity contribution in [2.45, 2.75) is 6.92 Å². The molecule has 0 radical (unpaired) electrons. The van der Waals surface area contributed by atoms with Crippen molar-refractivity contribution in [2.24, 2.45) is 0 Å². The van der Waals surface area contributed by atoms with E-state index in [1.165, 1.54) is 6.92 Å². The van der Waals surface area contributed by atoms with Crippen LogP contribution in [-0.2, 0) is 4.79 Å². The van der Waals surface area contributed by atoms with Gasteiger partial charge in [-0.2, -0.15) is 0 Å². The van der Waals surface area contributed by atoms with Gasteiger partial charge in [-0.25, -0.2) is 0 Å². The summed E-state index contributed by atoms with van der Waals surface area (Å²) in [7, 11) is 3.94. The Hall–Kier alpha value is -1.75. The van der Waals surface area contributed by atoms with Gasteiger partial charge in [0.2, 0.25) is 5.91 Å². The van der Waals surface area contributed by atoms with E-state index >= 15 is 0 Å². The van der Waals surface area contributed by atoms with Crippen molar-refractivity contribution >= 4 is 17.3 Å². The first-order valence-electron chi connectivity index (χ1n) is 5.54. The molecule has 3 N–H and O–H groups in total. The number of benzene rings is 1. The lowest BCUT2D eigenvalue weighted by atomic mass is 10.3. The summed E-state index contributed by atoms with van der Waals surface area (Å²) in [6.07, 6.45) is 0. The minimum Gasteiger partial charge on any atom is -0.399 e. The first kappa shape index (κ1) is 13.3. The Morgan fingerprint density at radius 1 is 1.35 bits per heavy atom. The Bertz CT molecular complexity index is 379. The number of rotatable bonds is 5. The molecule has 0 unspecified atom stereocenters. The minimum atomic E-state index is -0.0192. The molecule has 0 heterocycles. The van der Waals surface area contributed by atoms with Crippen LogP contribution in [0.2, 0.25) is 0 Å². The van der Waals surface area contributed by atoms with Gasteiger partial charge >= 0.3 is 0 Å². The molecule has 1 aromatic carbocycles. The molecule has 94 valence electrons. The number of hydrogen-bond acceptors (Lipinski definition) is 4. The van der Waals surface area contributed by atoms with E-state index in [0.29, 0.717) is 12.2 Å². The molecular formula is C12H20N4O. The number of amides is 1. The number of hydrogen-bond donors (Lipinski definition) is 2. The maximum absolute atomic E-state index is 11.5. The summed E-state index contributed by atoms with van der Waals surface area (Å²) in [4.78, 5) is 13.5. The van der Waals surface area contributed by atoms with Crippen LogP contribution in [0.3, 0.4) is 0 Å². The van der Waals surface area contributed by atoms with Gasteiger partial charge in [0.25, 0.3) is 0 Å². The molecule has 0 aliphatic rings. The molecule has 17 heavy (non-hydrogen) atoms. The van der Waals surface area contributed by atoms with E-state index in [2.05, 4.69) is 5.43 Å². The summed E-state index contributed by atoms with van der Waals surface area (Å²) < 4.78 is 0. The molecule has 1 amide bonds. The molecule has 0 spiro atoms. The van der Waals surface area contributed by atoms with Gasteiger partial charge in [-0.05, 0) is 32.3 Å². The summed E-state index contributed by atoms with van der Waals surface area (Å²) in [5, 5.41) is 1.58. The first-order valence-corrected chi connectivity index (χ1v) is 5.54. The average Bonchev–Trinajstić information content (AvgIpc) is 2.23. The Morgan fingerprint density at radius 2 is 2.06 bits per heavy atom. The fourth-order valence-electron chi connectivity index (χ4n) is 1.36. The van der Waals surface area contributed by atoms with Gasteiger partial charge in [0, 0.05) is 19.2 Å². The number of nitrogens with zero attached hydrogens (tertiary/aromatic N) is 2. The molecule has 5 heteroatoms. The highest BCUT2D eigenvalue weighted by Crippen LogP contribution is 2.12. The number of nitrogen functional groups attached to an aromatic ring is 1. The second kappa shape index (κ2) is 6.10. The SMILES string of the molecule is CC(=O)N(CCN(C)C)Nc1cccc(N)c1. The zero-order valence-electron chi connectivity index (χ0n) is 10.6. The van der Waals surface area contributed by atoms with Gasteiger partial charge in [-0.1, -0.05) is 6.07 Å². The van der Waals surface area contributed by atoms with Gasteiger partial charge in [-0.15, -0.1) is 0 Å². The quantitative estimate of drug-likeness (QED) is 0.591. The second-order valence-corrected chi connectivity index (χ2v) is 4.21. The minimum absolute atomic E-state index is 0.0192. The molecule has 5 nitrogen and oxygen atoms in total. The smallest absolute Gasteiger partial charge is 0.237 e. The number of carbonyl (C=O) groups excluding carboxylic acids is 1. The van der Waals surface area contributed by atoms with Gasteiger partial charge < -0.3 is 10.6 Å². The summed E-state index contributed by atoms with van der Waals surface area (Å²) in [6, 6.07) is 7.33. The normalized spacial score (nSPS) is 10.4. The second-order valence-electron chi connectivity index (χ2n) is 4.21. The van der Waals surface area contributed by atoms with Crippen LogP contribution in [0, 0.1) is 0 Å². The molecule has 0 bridgehead atoms. The summed E-state index contributed by atoms with van der Waals surface area (Å²) in [6.45, 7) is 2.96. The highest BCUT2D eigenvalue weighted by atomic mass is 16.2. The summed E-state index contributed by atoms with van der Waals surface area (Å²) in [5.74, 6) is -0.0192. The Labute approximate surface area is 102 Å². The zero-order chi connectivity index (χ0) is 12.8. The predicted molar refractivity (Wildman–Crippen MR) is 70.4 cm³/mol. The number of anilines is 2. The van der Waals surface area contributed by atoms with Crippen molar-refractivity contribution in [3.05, 3.63) is 24.3 Å². The van der Waals surface area contributed by atoms with Crippen molar-refractivity contribution in [3.63, 3.8) is 0 Å².